The Balaban J connectivity index is 2.22. The molecule has 0 aliphatic carbocycles. The van der Waals surface area contributed by atoms with E-state index in [0.717, 1.165) is 31.8 Å². The van der Waals surface area contributed by atoms with Crippen molar-refractivity contribution in [2.24, 2.45) is 5.92 Å². The third-order valence-electron chi connectivity index (χ3n) is 2.95. The van der Waals surface area contributed by atoms with Gasteiger partial charge in [0, 0.05) is 25.9 Å². The number of hydrogen-bond donors (Lipinski definition) is 2. The van der Waals surface area contributed by atoms with Crippen LogP contribution in [0.25, 0.3) is 0 Å². The molecular formula is C16H27N3O2. The van der Waals surface area contributed by atoms with E-state index in [1.165, 1.54) is 0 Å². The first-order chi connectivity index (χ1) is 10.1. The van der Waals surface area contributed by atoms with Gasteiger partial charge < -0.3 is 15.4 Å². The molecule has 0 radical (unpaired) electrons. The van der Waals surface area contributed by atoms with Crippen LogP contribution < -0.4 is 10.6 Å². The molecule has 0 bridgehead atoms. The Labute approximate surface area is 127 Å². The van der Waals surface area contributed by atoms with Gasteiger partial charge in [-0.15, -0.1) is 0 Å². The molecule has 1 rings (SSSR count). The number of carbonyl (C=O) groups is 1. The maximum Gasteiger partial charge on any atom is 0.252 e. The summed E-state index contributed by atoms with van der Waals surface area (Å²) in [5.74, 6) is 1.33. The zero-order chi connectivity index (χ0) is 15.5. The van der Waals surface area contributed by atoms with Gasteiger partial charge in [0.25, 0.3) is 5.91 Å². The number of carbonyl (C=O) groups excluding carboxylic acids is 1. The van der Waals surface area contributed by atoms with Crippen LogP contribution in [-0.2, 0) is 4.74 Å². The van der Waals surface area contributed by atoms with Crippen molar-refractivity contribution in [3.8, 4) is 0 Å². The van der Waals surface area contributed by atoms with Gasteiger partial charge in [0.05, 0.1) is 12.2 Å². The first-order valence-corrected chi connectivity index (χ1v) is 7.69. The molecule has 0 atom stereocenters. The molecule has 0 unspecified atom stereocenters. The van der Waals surface area contributed by atoms with Crippen LogP contribution in [-0.4, -0.2) is 37.2 Å². The first-order valence-electron chi connectivity index (χ1n) is 7.69. The predicted molar refractivity (Wildman–Crippen MR) is 85.6 cm³/mol. The second kappa shape index (κ2) is 10.2. The van der Waals surface area contributed by atoms with E-state index in [0.29, 0.717) is 24.6 Å². The van der Waals surface area contributed by atoms with Crippen molar-refractivity contribution in [1.29, 1.82) is 0 Å². The lowest BCUT2D eigenvalue weighted by Gasteiger charge is -2.08. The predicted octanol–water partition coefficient (Wildman–Crippen LogP) is 2.70. The van der Waals surface area contributed by atoms with Crippen molar-refractivity contribution >= 4 is 11.7 Å². The lowest BCUT2D eigenvalue weighted by atomic mass is 10.1. The van der Waals surface area contributed by atoms with E-state index in [1.54, 1.807) is 12.3 Å². The Hall–Kier alpha value is -1.62. The van der Waals surface area contributed by atoms with Crippen molar-refractivity contribution in [3.63, 3.8) is 0 Å². The topological polar surface area (TPSA) is 63.2 Å². The summed E-state index contributed by atoms with van der Waals surface area (Å²) in [5.41, 5.74) is 0.569. The molecule has 1 aromatic rings. The summed E-state index contributed by atoms with van der Waals surface area (Å²) < 4.78 is 5.45. The minimum Gasteiger partial charge on any atom is -0.380 e. The van der Waals surface area contributed by atoms with Crippen molar-refractivity contribution in [3.05, 3.63) is 23.9 Å². The number of nitrogens with zero attached hydrogens (tertiary/aromatic N) is 1. The molecule has 118 valence electrons. The summed E-state index contributed by atoms with van der Waals surface area (Å²) in [6.07, 6.45) is 3.68. The van der Waals surface area contributed by atoms with Gasteiger partial charge in [0.15, 0.2) is 0 Å². The van der Waals surface area contributed by atoms with Crippen molar-refractivity contribution in [1.82, 2.24) is 10.3 Å². The van der Waals surface area contributed by atoms with Gasteiger partial charge in [0.2, 0.25) is 0 Å². The molecule has 0 saturated carbocycles. The molecule has 0 aliphatic heterocycles. The molecule has 0 aromatic carbocycles. The minimum atomic E-state index is -0.114. The number of pyridine rings is 1. The van der Waals surface area contributed by atoms with Crippen LogP contribution in [0.4, 0.5) is 5.82 Å². The Bertz CT molecular complexity index is 404. The van der Waals surface area contributed by atoms with Crippen LogP contribution >= 0.6 is 0 Å². The van der Waals surface area contributed by atoms with Gasteiger partial charge in [-0.1, -0.05) is 20.8 Å². The molecule has 1 amide bonds. The Morgan fingerprint density at radius 2 is 2.10 bits per heavy atom. The monoisotopic (exact) mass is 293 g/mol. The molecule has 0 fully saturated rings. The fraction of sp³-hybridized carbons (Fsp3) is 0.625. The van der Waals surface area contributed by atoms with Crippen molar-refractivity contribution in [2.45, 2.75) is 33.6 Å². The van der Waals surface area contributed by atoms with E-state index >= 15 is 0 Å². The number of hydrogen-bond acceptors (Lipinski definition) is 4. The highest BCUT2D eigenvalue weighted by Gasteiger charge is 2.05. The number of rotatable bonds is 10. The van der Waals surface area contributed by atoms with Gasteiger partial charge in [-0.05, 0) is 30.9 Å². The molecule has 5 nitrogen and oxygen atoms in total. The normalized spacial score (nSPS) is 10.7. The summed E-state index contributed by atoms with van der Waals surface area (Å²) >= 11 is 0. The Morgan fingerprint density at radius 1 is 1.29 bits per heavy atom. The molecule has 0 aliphatic rings. The van der Waals surface area contributed by atoms with Crippen molar-refractivity contribution < 1.29 is 9.53 Å². The van der Waals surface area contributed by atoms with E-state index in [4.69, 9.17) is 4.74 Å². The standard InChI is InChI=1S/C16H27N3O2/c1-4-8-17-15-6-5-14(12-19-15)16(20)18-9-11-21-10-7-13(2)3/h5-6,12-13H,4,7-11H2,1-3H3,(H,17,19)(H,18,20). The molecular weight excluding hydrogens is 266 g/mol. The van der Waals surface area contributed by atoms with Crippen molar-refractivity contribution in [2.75, 3.05) is 31.6 Å². The number of nitrogens with one attached hydrogen (secondary N) is 2. The van der Waals surface area contributed by atoms with Crippen LogP contribution in [0.15, 0.2) is 18.3 Å². The number of ether oxygens (including phenoxy) is 1. The molecule has 1 heterocycles. The SMILES string of the molecule is CCCNc1ccc(C(=O)NCCOCCC(C)C)cn1. The minimum absolute atomic E-state index is 0.114. The Kier molecular flexibility index (Phi) is 8.43. The second-order valence-electron chi connectivity index (χ2n) is 5.41. The first kappa shape index (κ1) is 17.4. The lowest BCUT2D eigenvalue weighted by molar-refractivity contribution is 0.0905. The van der Waals surface area contributed by atoms with Gasteiger partial charge >= 0.3 is 0 Å². The van der Waals surface area contributed by atoms with Gasteiger partial charge in [-0.2, -0.15) is 0 Å². The fourth-order valence-corrected chi connectivity index (χ4v) is 1.65. The smallest absolute Gasteiger partial charge is 0.252 e. The summed E-state index contributed by atoms with van der Waals surface area (Å²) in [6, 6.07) is 3.60. The van der Waals surface area contributed by atoms with Gasteiger partial charge in [-0.25, -0.2) is 4.98 Å². The largest absolute Gasteiger partial charge is 0.380 e. The van der Waals surface area contributed by atoms with Crippen LogP contribution in [0, 0.1) is 5.92 Å². The molecule has 0 saturated heterocycles. The van der Waals surface area contributed by atoms with Gasteiger partial charge in [-0.3, -0.25) is 4.79 Å². The van der Waals surface area contributed by atoms with E-state index < -0.39 is 0 Å². The number of amides is 1. The molecule has 1 aromatic heterocycles. The zero-order valence-corrected chi connectivity index (χ0v) is 13.3. The third-order valence-corrected chi connectivity index (χ3v) is 2.95. The van der Waals surface area contributed by atoms with E-state index in [9.17, 15) is 4.79 Å². The summed E-state index contributed by atoms with van der Waals surface area (Å²) in [5, 5.41) is 6.00. The summed E-state index contributed by atoms with van der Waals surface area (Å²) in [7, 11) is 0. The molecule has 0 spiro atoms. The van der Waals surface area contributed by atoms with Crippen LogP contribution in [0.2, 0.25) is 0 Å². The molecule has 5 heteroatoms. The maximum absolute atomic E-state index is 11.9. The fourth-order valence-electron chi connectivity index (χ4n) is 1.65. The highest BCUT2D eigenvalue weighted by atomic mass is 16.5. The molecule has 21 heavy (non-hydrogen) atoms. The lowest BCUT2D eigenvalue weighted by Crippen LogP contribution is -2.27. The number of aromatic nitrogens is 1. The average molecular weight is 293 g/mol. The number of anilines is 1. The molecule has 2 N–H and O–H groups in total. The van der Waals surface area contributed by atoms with Crippen LogP contribution in [0.1, 0.15) is 44.0 Å². The summed E-state index contributed by atoms with van der Waals surface area (Å²) in [6.45, 7) is 9.11. The van der Waals surface area contributed by atoms with E-state index in [2.05, 4.69) is 36.4 Å². The van der Waals surface area contributed by atoms with Gasteiger partial charge in [0.1, 0.15) is 5.82 Å². The highest BCUT2D eigenvalue weighted by molar-refractivity contribution is 5.94. The van der Waals surface area contributed by atoms with E-state index in [1.807, 2.05) is 6.07 Å². The highest BCUT2D eigenvalue weighted by Crippen LogP contribution is 2.05. The third kappa shape index (κ3) is 7.66. The Morgan fingerprint density at radius 3 is 2.71 bits per heavy atom. The zero-order valence-electron chi connectivity index (χ0n) is 13.3. The van der Waals surface area contributed by atoms with E-state index in [-0.39, 0.29) is 5.91 Å². The average Bonchev–Trinajstić information content (AvgIpc) is 2.48. The van der Waals surface area contributed by atoms with Crippen LogP contribution in [0.3, 0.4) is 0 Å². The second-order valence-corrected chi connectivity index (χ2v) is 5.41. The van der Waals surface area contributed by atoms with Crippen LogP contribution in [0.5, 0.6) is 0 Å². The quantitative estimate of drug-likeness (QED) is 0.651. The summed E-state index contributed by atoms with van der Waals surface area (Å²) in [4.78, 5) is 16.1. The maximum atomic E-state index is 11.9.